The zero-order valence-electron chi connectivity index (χ0n) is 15.6. The second-order valence-corrected chi connectivity index (χ2v) is 4.96. The van der Waals surface area contributed by atoms with Crippen molar-refractivity contribution in [3.8, 4) is 11.3 Å². The van der Waals surface area contributed by atoms with E-state index in [1.54, 1.807) is 0 Å². The normalized spacial score (nSPS) is 13.1. The van der Waals surface area contributed by atoms with Crippen molar-refractivity contribution in [3.05, 3.63) is 66.1 Å². The molecule has 2 heterocycles. The van der Waals surface area contributed by atoms with Crippen LogP contribution < -0.4 is 10.6 Å². The second kappa shape index (κ2) is 11.3. The molecule has 0 radical (unpaired) electrons. The summed E-state index contributed by atoms with van der Waals surface area (Å²) in [5.74, 6) is 0.391. The molecule has 1 aromatic heterocycles. The lowest BCUT2D eigenvalue weighted by Gasteiger charge is -2.16. The predicted octanol–water partition coefficient (Wildman–Crippen LogP) is 5.53. The maximum Gasteiger partial charge on any atom is 0.0843 e. The van der Waals surface area contributed by atoms with Crippen molar-refractivity contribution in [1.29, 1.82) is 0 Å². The van der Waals surface area contributed by atoms with Gasteiger partial charge in [0.05, 0.1) is 12.4 Å². The van der Waals surface area contributed by atoms with Crippen LogP contribution in [0.25, 0.3) is 11.3 Å². The van der Waals surface area contributed by atoms with Crippen LogP contribution in [0.5, 0.6) is 0 Å². The highest BCUT2D eigenvalue weighted by molar-refractivity contribution is 5.58. The van der Waals surface area contributed by atoms with Crippen molar-refractivity contribution in [3.63, 3.8) is 0 Å². The summed E-state index contributed by atoms with van der Waals surface area (Å²) in [4.78, 5) is 4.61. The summed E-state index contributed by atoms with van der Waals surface area (Å²) in [5, 5.41) is 6.58. The van der Waals surface area contributed by atoms with E-state index in [1.165, 1.54) is 11.3 Å². The molecule has 2 N–H and O–H groups in total. The quantitative estimate of drug-likeness (QED) is 0.775. The number of hydrogen-bond acceptors (Lipinski definition) is 3. The summed E-state index contributed by atoms with van der Waals surface area (Å²) in [5.41, 5.74) is 4.69. The Labute approximate surface area is 148 Å². The number of benzene rings is 1. The molecular weight excluding hydrogens is 294 g/mol. The molecule has 1 unspecified atom stereocenters. The Morgan fingerprint density at radius 1 is 1.04 bits per heavy atom. The first-order chi connectivity index (χ1) is 11.9. The van der Waals surface area contributed by atoms with Crippen LogP contribution in [0.15, 0.2) is 60.6 Å². The molecule has 0 amide bonds. The molecule has 0 fully saturated rings. The fourth-order valence-corrected chi connectivity index (χ4v) is 2.62. The largest absolute Gasteiger partial charge is 0.372 e. The van der Waals surface area contributed by atoms with E-state index in [1.807, 2.05) is 52.1 Å². The van der Waals surface area contributed by atoms with E-state index in [0.29, 0.717) is 5.92 Å². The minimum Gasteiger partial charge on any atom is -0.372 e. The van der Waals surface area contributed by atoms with Crippen LogP contribution >= 0.6 is 0 Å². The average Bonchev–Trinajstić information content (AvgIpc) is 3.21. The highest BCUT2D eigenvalue weighted by atomic mass is 15.1. The highest BCUT2D eigenvalue weighted by Gasteiger charge is 2.17. The lowest BCUT2D eigenvalue weighted by Crippen LogP contribution is -2.17. The first-order valence-electron chi connectivity index (χ1n) is 9.07. The van der Waals surface area contributed by atoms with Crippen molar-refractivity contribution < 1.29 is 1.43 Å². The first kappa shape index (κ1) is 19.8. The van der Waals surface area contributed by atoms with Gasteiger partial charge in [0, 0.05) is 31.0 Å². The van der Waals surface area contributed by atoms with Crippen molar-refractivity contribution in [2.75, 3.05) is 6.67 Å². The average molecular weight is 328 g/mol. The van der Waals surface area contributed by atoms with Gasteiger partial charge in [-0.05, 0) is 18.1 Å². The van der Waals surface area contributed by atoms with Gasteiger partial charge < -0.3 is 10.6 Å². The van der Waals surface area contributed by atoms with Gasteiger partial charge in [-0.25, -0.2) is 0 Å². The maximum atomic E-state index is 4.61. The number of hydrogen-bond donors (Lipinski definition) is 2. The Balaban J connectivity index is 0.00000108. The summed E-state index contributed by atoms with van der Waals surface area (Å²) in [7, 11) is 0. The molecule has 1 aliphatic rings. The molecule has 24 heavy (non-hydrogen) atoms. The summed E-state index contributed by atoms with van der Waals surface area (Å²) >= 11 is 0. The molecule has 3 nitrogen and oxygen atoms in total. The van der Waals surface area contributed by atoms with E-state index >= 15 is 0 Å². The minimum atomic E-state index is 0. The molecule has 132 valence electrons. The Kier molecular flexibility index (Phi) is 9.28. The Hall–Kier alpha value is -2.29. The molecule has 1 aromatic carbocycles. The van der Waals surface area contributed by atoms with Crippen LogP contribution in [0.2, 0.25) is 0 Å². The van der Waals surface area contributed by atoms with Gasteiger partial charge in [-0.1, -0.05) is 71.0 Å². The van der Waals surface area contributed by atoms with E-state index in [-0.39, 0.29) is 1.43 Å². The van der Waals surface area contributed by atoms with Crippen LogP contribution in [0.3, 0.4) is 0 Å². The number of pyridine rings is 1. The topological polar surface area (TPSA) is 37.0 Å². The van der Waals surface area contributed by atoms with Crippen molar-refractivity contribution >= 4 is 0 Å². The highest BCUT2D eigenvalue weighted by Crippen LogP contribution is 2.27. The van der Waals surface area contributed by atoms with E-state index in [4.69, 9.17) is 0 Å². The Morgan fingerprint density at radius 3 is 2.25 bits per heavy atom. The smallest absolute Gasteiger partial charge is 0.0843 e. The number of rotatable bonds is 4. The SMILES string of the molecule is CC.CC.CCC(C1=CNCN1)c1ccc(-c2ccccc2)nc1.[HH]. The predicted molar refractivity (Wildman–Crippen MR) is 107 cm³/mol. The molecular formula is C21H33N3. The molecule has 0 saturated carbocycles. The van der Waals surface area contributed by atoms with E-state index in [0.717, 1.165) is 24.3 Å². The molecule has 0 bridgehead atoms. The molecule has 1 atom stereocenters. The monoisotopic (exact) mass is 327 g/mol. The van der Waals surface area contributed by atoms with Crippen LogP contribution in [0, 0.1) is 0 Å². The summed E-state index contributed by atoms with van der Waals surface area (Å²) < 4.78 is 0. The van der Waals surface area contributed by atoms with E-state index < -0.39 is 0 Å². The van der Waals surface area contributed by atoms with Gasteiger partial charge in [0.1, 0.15) is 0 Å². The lowest BCUT2D eigenvalue weighted by atomic mass is 9.94. The summed E-state index contributed by atoms with van der Waals surface area (Å²) in [6.45, 7) is 11.0. The zero-order chi connectivity index (χ0) is 17.8. The minimum absolute atomic E-state index is 0. The molecule has 0 spiro atoms. The van der Waals surface area contributed by atoms with Gasteiger partial charge in [-0.2, -0.15) is 0 Å². The fourth-order valence-electron chi connectivity index (χ4n) is 2.62. The maximum absolute atomic E-state index is 4.61. The van der Waals surface area contributed by atoms with Crippen LogP contribution in [-0.2, 0) is 0 Å². The third kappa shape index (κ3) is 5.12. The number of allylic oxidation sites excluding steroid dienone is 1. The van der Waals surface area contributed by atoms with Crippen LogP contribution in [0.4, 0.5) is 0 Å². The number of nitrogens with one attached hydrogen (secondary N) is 2. The third-order valence-electron chi connectivity index (χ3n) is 3.69. The van der Waals surface area contributed by atoms with Gasteiger partial charge in [0.15, 0.2) is 0 Å². The molecule has 3 heteroatoms. The Bertz CT molecular complexity index is 594. The van der Waals surface area contributed by atoms with E-state index in [2.05, 4.69) is 53.0 Å². The molecule has 0 saturated heterocycles. The second-order valence-electron chi connectivity index (χ2n) is 4.96. The van der Waals surface area contributed by atoms with Crippen LogP contribution in [-0.4, -0.2) is 11.7 Å². The molecule has 3 rings (SSSR count). The lowest BCUT2D eigenvalue weighted by molar-refractivity contribution is 0.687. The standard InChI is InChI=1S/C17H19N3.2C2H6.H2/c1-2-15(17-11-18-12-20-17)14-8-9-16(19-10-14)13-6-4-3-5-7-13;2*1-2;/h3-11,15,18,20H,2,12H2,1H3;2*1-2H3;1H. The molecule has 2 aromatic rings. The third-order valence-corrected chi connectivity index (χ3v) is 3.69. The molecule has 0 aliphatic carbocycles. The van der Waals surface area contributed by atoms with Crippen LogP contribution in [0.1, 0.15) is 53.9 Å². The summed E-state index contributed by atoms with van der Waals surface area (Å²) in [6, 6.07) is 14.6. The fraction of sp³-hybridized carbons (Fsp3) is 0.381. The van der Waals surface area contributed by atoms with Crippen molar-refractivity contribution in [2.24, 2.45) is 0 Å². The van der Waals surface area contributed by atoms with Gasteiger partial charge in [-0.15, -0.1) is 0 Å². The van der Waals surface area contributed by atoms with E-state index in [9.17, 15) is 0 Å². The summed E-state index contributed by atoms with van der Waals surface area (Å²) in [6.07, 6.45) is 5.13. The first-order valence-corrected chi connectivity index (χ1v) is 9.07. The van der Waals surface area contributed by atoms with Gasteiger partial charge in [0.2, 0.25) is 0 Å². The van der Waals surface area contributed by atoms with Gasteiger partial charge in [0.25, 0.3) is 0 Å². The van der Waals surface area contributed by atoms with Crippen molar-refractivity contribution in [2.45, 2.75) is 47.0 Å². The molecule has 1 aliphatic heterocycles. The van der Waals surface area contributed by atoms with Crippen molar-refractivity contribution in [1.82, 2.24) is 15.6 Å². The van der Waals surface area contributed by atoms with Gasteiger partial charge >= 0.3 is 0 Å². The number of nitrogens with zero attached hydrogens (tertiary/aromatic N) is 1. The zero-order valence-corrected chi connectivity index (χ0v) is 15.6. The Morgan fingerprint density at radius 2 is 1.75 bits per heavy atom. The number of aromatic nitrogens is 1. The van der Waals surface area contributed by atoms with Gasteiger partial charge in [-0.3, -0.25) is 4.98 Å².